The van der Waals surface area contributed by atoms with Crippen LogP contribution in [0.1, 0.15) is 17.3 Å². The van der Waals surface area contributed by atoms with Gasteiger partial charge in [0, 0.05) is 4.47 Å². The highest BCUT2D eigenvalue weighted by atomic mass is 79.9. The molecule has 0 bridgehead atoms. The standard InChI is InChI=1S/C9H8Br2O2/c1-5(10)9(13)7-4-6(11)2-3-8(7)12/h2-5,12H,1H3/t5-/m1/s1. The summed E-state index contributed by atoms with van der Waals surface area (Å²) in [5, 5.41) is 9.39. The zero-order valence-electron chi connectivity index (χ0n) is 6.92. The molecule has 0 saturated carbocycles. The van der Waals surface area contributed by atoms with Crippen molar-refractivity contribution in [1.29, 1.82) is 0 Å². The number of hydrogen-bond acceptors (Lipinski definition) is 2. The van der Waals surface area contributed by atoms with Gasteiger partial charge >= 0.3 is 0 Å². The summed E-state index contributed by atoms with van der Waals surface area (Å²) >= 11 is 6.39. The quantitative estimate of drug-likeness (QED) is 0.673. The molecule has 1 aromatic carbocycles. The summed E-state index contributed by atoms with van der Waals surface area (Å²) in [7, 11) is 0. The smallest absolute Gasteiger partial charge is 0.179 e. The van der Waals surface area contributed by atoms with Gasteiger partial charge in [-0.05, 0) is 25.1 Å². The molecule has 0 aromatic heterocycles. The molecular weight excluding hydrogens is 300 g/mol. The average Bonchev–Trinajstić information content (AvgIpc) is 2.08. The van der Waals surface area contributed by atoms with Crippen LogP contribution < -0.4 is 0 Å². The average molecular weight is 308 g/mol. The normalized spacial score (nSPS) is 12.5. The van der Waals surface area contributed by atoms with E-state index in [1.165, 1.54) is 6.07 Å². The van der Waals surface area contributed by atoms with Crippen LogP contribution in [0.25, 0.3) is 0 Å². The van der Waals surface area contributed by atoms with Crippen LogP contribution in [0, 0.1) is 0 Å². The lowest BCUT2D eigenvalue weighted by atomic mass is 10.1. The van der Waals surface area contributed by atoms with Crippen LogP contribution in [0.2, 0.25) is 0 Å². The summed E-state index contributed by atoms with van der Waals surface area (Å²) in [5.41, 5.74) is 0.332. The molecule has 0 heterocycles. The molecule has 0 aliphatic heterocycles. The Bertz CT molecular complexity index is 334. The van der Waals surface area contributed by atoms with Gasteiger partial charge in [-0.15, -0.1) is 0 Å². The molecule has 0 aliphatic rings. The van der Waals surface area contributed by atoms with E-state index < -0.39 is 0 Å². The molecule has 0 amide bonds. The second-order valence-corrected chi connectivity index (χ2v) is 4.93. The maximum atomic E-state index is 11.5. The first-order chi connectivity index (χ1) is 6.02. The van der Waals surface area contributed by atoms with Crippen molar-refractivity contribution in [3.63, 3.8) is 0 Å². The monoisotopic (exact) mass is 306 g/mol. The first kappa shape index (κ1) is 10.7. The summed E-state index contributed by atoms with van der Waals surface area (Å²) < 4.78 is 0.779. The Morgan fingerprint density at radius 2 is 2.15 bits per heavy atom. The number of phenols is 1. The molecule has 0 spiro atoms. The van der Waals surface area contributed by atoms with E-state index in [1.807, 2.05) is 0 Å². The van der Waals surface area contributed by atoms with Gasteiger partial charge in [0.2, 0.25) is 0 Å². The largest absolute Gasteiger partial charge is 0.507 e. The van der Waals surface area contributed by atoms with Crippen molar-refractivity contribution in [3.8, 4) is 5.75 Å². The highest BCUT2D eigenvalue weighted by molar-refractivity contribution is 9.10. The summed E-state index contributed by atoms with van der Waals surface area (Å²) in [5.74, 6) is -0.113. The lowest BCUT2D eigenvalue weighted by Crippen LogP contribution is -2.09. The van der Waals surface area contributed by atoms with Gasteiger partial charge in [0.1, 0.15) is 5.75 Å². The fraction of sp³-hybridized carbons (Fsp3) is 0.222. The molecule has 70 valence electrons. The fourth-order valence-electron chi connectivity index (χ4n) is 0.920. The van der Waals surface area contributed by atoms with E-state index in [9.17, 15) is 9.90 Å². The third kappa shape index (κ3) is 2.54. The summed E-state index contributed by atoms with van der Waals surface area (Å²) in [4.78, 5) is 11.2. The van der Waals surface area contributed by atoms with E-state index in [0.717, 1.165) is 4.47 Å². The van der Waals surface area contributed by atoms with E-state index in [4.69, 9.17) is 0 Å². The molecule has 13 heavy (non-hydrogen) atoms. The van der Waals surface area contributed by atoms with Crippen LogP contribution in [0.4, 0.5) is 0 Å². The minimum atomic E-state index is -0.285. The molecule has 0 unspecified atom stereocenters. The molecule has 0 saturated heterocycles. The number of carbonyl (C=O) groups excluding carboxylic acids is 1. The number of ketones is 1. The lowest BCUT2D eigenvalue weighted by Gasteiger charge is -2.05. The van der Waals surface area contributed by atoms with Crippen LogP contribution in [0.15, 0.2) is 22.7 Å². The van der Waals surface area contributed by atoms with Gasteiger partial charge in [-0.3, -0.25) is 4.79 Å². The van der Waals surface area contributed by atoms with E-state index in [-0.39, 0.29) is 16.4 Å². The Hall–Kier alpha value is -0.350. The third-order valence-electron chi connectivity index (χ3n) is 1.59. The number of hydrogen-bond donors (Lipinski definition) is 1. The first-order valence-electron chi connectivity index (χ1n) is 3.69. The number of phenolic OH excluding ortho intramolecular Hbond substituents is 1. The van der Waals surface area contributed by atoms with Gasteiger partial charge in [-0.25, -0.2) is 0 Å². The minimum absolute atomic E-state index is 0.0134. The number of benzene rings is 1. The van der Waals surface area contributed by atoms with Crippen LogP contribution in [0.5, 0.6) is 5.75 Å². The molecule has 0 fully saturated rings. The number of halogens is 2. The summed E-state index contributed by atoms with van der Waals surface area (Å²) in [6, 6.07) is 4.78. The highest BCUT2D eigenvalue weighted by Crippen LogP contribution is 2.24. The van der Waals surface area contributed by atoms with Crippen molar-refractivity contribution < 1.29 is 9.90 Å². The zero-order valence-corrected chi connectivity index (χ0v) is 10.1. The molecule has 1 N–H and O–H groups in total. The van der Waals surface area contributed by atoms with Crippen LogP contribution in [-0.2, 0) is 0 Å². The number of aromatic hydroxyl groups is 1. The number of Topliss-reactive ketones (excluding diaryl/α,β-unsaturated/α-hetero) is 1. The zero-order chi connectivity index (χ0) is 10.0. The molecular formula is C9H8Br2O2. The molecule has 1 aromatic rings. The van der Waals surface area contributed by atoms with E-state index in [0.29, 0.717) is 5.56 Å². The minimum Gasteiger partial charge on any atom is -0.507 e. The van der Waals surface area contributed by atoms with Gasteiger partial charge in [-0.2, -0.15) is 0 Å². The van der Waals surface area contributed by atoms with Gasteiger partial charge in [-0.1, -0.05) is 31.9 Å². The van der Waals surface area contributed by atoms with Crippen molar-refractivity contribution in [1.82, 2.24) is 0 Å². The summed E-state index contributed by atoms with van der Waals surface area (Å²) in [6.45, 7) is 1.72. The molecule has 1 rings (SSSR count). The second kappa shape index (κ2) is 4.24. The lowest BCUT2D eigenvalue weighted by molar-refractivity contribution is 0.0993. The van der Waals surface area contributed by atoms with E-state index in [1.54, 1.807) is 19.1 Å². The van der Waals surface area contributed by atoms with Crippen molar-refractivity contribution in [3.05, 3.63) is 28.2 Å². The van der Waals surface area contributed by atoms with Gasteiger partial charge < -0.3 is 5.11 Å². The summed E-state index contributed by atoms with van der Waals surface area (Å²) in [6.07, 6.45) is 0. The Morgan fingerprint density at radius 1 is 1.54 bits per heavy atom. The first-order valence-corrected chi connectivity index (χ1v) is 5.40. The van der Waals surface area contributed by atoms with Gasteiger partial charge in [0.15, 0.2) is 5.78 Å². The molecule has 0 radical (unpaired) electrons. The Labute approximate surface area is 93.2 Å². The van der Waals surface area contributed by atoms with Gasteiger partial charge in [0.25, 0.3) is 0 Å². The molecule has 2 nitrogen and oxygen atoms in total. The number of rotatable bonds is 2. The van der Waals surface area contributed by atoms with Crippen molar-refractivity contribution in [2.24, 2.45) is 0 Å². The van der Waals surface area contributed by atoms with Crippen molar-refractivity contribution in [2.45, 2.75) is 11.8 Å². The highest BCUT2D eigenvalue weighted by Gasteiger charge is 2.15. The van der Waals surface area contributed by atoms with E-state index >= 15 is 0 Å². The maximum Gasteiger partial charge on any atom is 0.179 e. The predicted octanol–water partition coefficient (Wildman–Crippen LogP) is 3.12. The Kier molecular flexibility index (Phi) is 3.50. The van der Waals surface area contributed by atoms with Crippen LogP contribution in [-0.4, -0.2) is 15.7 Å². The number of carbonyl (C=O) groups is 1. The van der Waals surface area contributed by atoms with Crippen LogP contribution >= 0.6 is 31.9 Å². The SMILES string of the molecule is C[C@@H](Br)C(=O)c1cc(Br)ccc1O. The van der Waals surface area contributed by atoms with Crippen LogP contribution in [0.3, 0.4) is 0 Å². The Morgan fingerprint density at radius 3 is 2.69 bits per heavy atom. The Balaban J connectivity index is 3.13. The number of alkyl halides is 1. The third-order valence-corrected chi connectivity index (χ3v) is 2.49. The molecule has 4 heteroatoms. The van der Waals surface area contributed by atoms with Crippen molar-refractivity contribution in [2.75, 3.05) is 0 Å². The molecule has 0 aliphatic carbocycles. The van der Waals surface area contributed by atoms with Crippen molar-refractivity contribution >= 4 is 37.6 Å². The van der Waals surface area contributed by atoms with Gasteiger partial charge in [0.05, 0.1) is 10.4 Å². The fourth-order valence-corrected chi connectivity index (χ4v) is 1.53. The molecule has 1 atom stereocenters. The van der Waals surface area contributed by atoms with E-state index in [2.05, 4.69) is 31.9 Å². The second-order valence-electron chi connectivity index (χ2n) is 2.64. The topological polar surface area (TPSA) is 37.3 Å². The maximum absolute atomic E-state index is 11.5. The predicted molar refractivity (Wildman–Crippen MR) is 58.5 cm³/mol.